The lowest BCUT2D eigenvalue weighted by Gasteiger charge is -2.41. The quantitative estimate of drug-likeness (QED) is 0.390. The number of rotatable bonds is 5. The van der Waals surface area contributed by atoms with Crippen LogP contribution in [0.15, 0.2) is 73.1 Å². The van der Waals surface area contributed by atoms with Crippen molar-refractivity contribution in [1.29, 1.82) is 0 Å². The van der Waals surface area contributed by atoms with Crippen molar-refractivity contribution in [3.63, 3.8) is 0 Å². The molecule has 2 fully saturated rings. The van der Waals surface area contributed by atoms with Crippen LogP contribution >= 0.6 is 0 Å². The van der Waals surface area contributed by atoms with E-state index in [1.54, 1.807) is 0 Å². The molecule has 4 aromatic rings. The van der Waals surface area contributed by atoms with Gasteiger partial charge in [0, 0.05) is 61.6 Å². The number of piperazine rings is 1. The number of pyridine rings is 1. The molecule has 1 saturated carbocycles. The zero-order chi connectivity index (χ0) is 24.5. The number of fused-ring (bicyclic) bond motifs is 1. The van der Waals surface area contributed by atoms with Gasteiger partial charge in [0.25, 0.3) is 0 Å². The average molecular weight is 482 g/mol. The zero-order valence-corrected chi connectivity index (χ0v) is 21.0. The fourth-order valence-corrected chi connectivity index (χ4v) is 5.97. The van der Waals surface area contributed by atoms with Crippen LogP contribution in [0.25, 0.3) is 22.0 Å². The lowest BCUT2D eigenvalue weighted by atomic mass is 9.89. The van der Waals surface area contributed by atoms with Crippen LogP contribution in [0.3, 0.4) is 0 Å². The van der Waals surface area contributed by atoms with Crippen molar-refractivity contribution in [1.82, 2.24) is 19.4 Å². The van der Waals surface area contributed by atoms with E-state index in [4.69, 9.17) is 10.5 Å². The highest BCUT2D eigenvalue weighted by atomic mass is 16.5. The molecule has 186 valence electrons. The Bertz CT molecular complexity index is 1300. The van der Waals surface area contributed by atoms with Gasteiger partial charge < -0.3 is 19.9 Å². The van der Waals surface area contributed by atoms with Gasteiger partial charge >= 0.3 is 0 Å². The highest BCUT2D eigenvalue weighted by molar-refractivity contribution is 6.02. The molecule has 36 heavy (non-hydrogen) atoms. The number of nitrogens with two attached hydrogens (primary N) is 1. The summed E-state index contributed by atoms with van der Waals surface area (Å²) in [6.07, 6.45) is 9.06. The predicted molar refractivity (Wildman–Crippen MR) is 146 cm³/mol. The van der Waals surface area contributed by atoms with E-state index in [1.165, 1.54) is 57.4 Å². The molecule has 0 unspecified atom stereocenters. The Morgan fingerprint density at radius 1 is 0.806 bits per heavy atom. The number of nitrogens with zero attached hydrogens (tertiary/aromatic N) is 4. The van der Waals surface area contributed by atoms with Crippen LogP contribution in [-0.2, 0) is 0 Å². The number of hydrogen-bond donors (Lipinski definition) is 1. The average Bonchev–Trinajstić information content (AvgIpc) is 3.31. The maximum atomic E-state index is 6.44. The van der Waals surface area contributed by atoms with Gasteiger partial charge in [0.2, 0.25) is 0 Å². The first kappa shape index (κ1) is 23.1. The molecule has 0 amide bonds. The third kappa shape index (κ3) is 4.59. The summed E-state index contributed by atoms with van der Waals surface area (Å²) in [7, 11) is 2.23. The van der Waals surface area contributed by atoms with Gasteiger partial charge in [-0.3, -0.25) is 4.90 Å². The fraction of sp³-hybridized carbons (Fsp3) is 0.367. The van der Waals surface area contributed by atoms with Crippen molar-refractivity contribution >= 4 is 16.7 Å². The maximum absolute atomic E-state index is 6.44. The lowest BCUT2D eigenvalue weighted by Crippen LogP contribution is -2.49. The number of likely N-dealkylation sites (N-methyl/N-ethyl adjacent to an activating group) is 1. The molecule has 0 spiro atoms. The van der Waals surface area contributed by atoms with E-state index in [0.717, 1.165) is 34.1 Å². The van der Waals surface area contributed by atoms with E-state index in [1.807, 2.05) is 48.7 Å². The number of benzene rings is 2. The molecule has 0 bridgehead atoms. The van der Waals surface area contributed by atoms with Gasteiger partial charge in [-0.05, 0) is 68.6 Å². The molecule has 2 N–H and O–H groups in total. The molecule has 6 heteroatoms. The summed E-state index contributed by atoms with van der Waals surface area (Å²) in [5.74, 6) is 2.25. The summed E-state index contributed by atoms with van der Waals surface area (Å²) in [5.41, 5.74) is 9.90. The van der Waals surface area contributed by atoms with Crippen LogP contribution in [0.5, 0.6) is 11.5 Å². The zero-order valence-electron chi connectivity index (χ0n) is 21.0. The van der Waals surface area contributed by atoms with E-state index < -0.39 is 0 Å². The Hall–Kier alpha value is -3.35. The number of nitrogen functional groups attached to an aromatic ring is 1. The minimum atomic E-state index is 0.493. The lowest BCUT2D eigenvalue weighted by molar-refractivity contribution is 0.0828. The van der Waals surface area contributed by atoms with Crippen LogP contribution in [0.4, 0.5) is 5.82 Å². The second-order valence-electron chi connectivity index (χ2n) is 10.3. The van der Waals surface area contributed by atoms with Gasteiger partial charge in [-0.25, -0.2) is 4.98 Å². The number of para-hydroxylation sites is 1. The highest BCUT2D eigenvalue weighted by Gasteiger charge is 2.29. The standard InChI is InChI=1S/C30H35N5O/c1-33-17-19-34(20-18-33)23-9-11-24(12-10-23)35-21-27(29-28(35)15-16-32-30(29)31)22-7-13-26(14-8-22)36-25-5-3-2-4-6-25/h2-8,13-16,21,23-24H,9-12,17-20H2,1H3,(H2,31,32). The first-order valence-corrected chi connectivity index (χ1v) is 13.2. The van der Waals surface area contributed by atoms with Gasteiger partial charge in [-0.15, -0.1) is 0 Å². The Labute approximate surface area is 213 Å². The molecule has 3 heterocycles. The number of hydrogen-bond acceptors (Lipinski definition) is 5. The van der Waals surface area contributed by atoms with Crippen LogP contribution in [0, 0.1) is 0 Å². The van der Waals surface area contributed by atoms with E-state index in [-0.39, 0.29) is 0 Å². The van der Waals surface area contributed by atoms with Gasteiger partial charge in [-0.1, -0.05) is 30.3 Å². The van der Waals surface area contributed by atoms with Gasteiger partial charge in [0.15, 0.2) is 0 Å². The van der Waals surface area contributed by atoms with Crippen molar-refractivity contribution < 1.29 is 4.74 Å². The Balaban J connectivity index is 1.24. The van der Waals surface area contributed by atoms with Crippen molar-refractivity contribution in [3.05, 3.63) is 73.1 Å². The van der Waals surface area contributed by atoms with E-state index in [9.17, 15) is 0 Å². The van der Waals surface area contributed by atoms with Crippen molar-refractivity contribution in [2.75, 3.05) is 39.0 Å². The topological polar surface area (TPSA) is 59.5 Å². The second-order valence-corrected chi connectivity index (χ2v) is 10.3. The van der Waals surface area contributed by atoms with Crippen molar-refractivity contribution in [2.24, 2.45) is 0 Å². The van der Waals surface area contributed by atoms with Crippen molar-refractivity contribution in [2.45, 2.75) is 37.8 Å². The first-order chi connectivity index (χ1) is 17.7. The minimum Gasteiger partial charge on any atom is -0.457 e. The monoisotopic (exact) mass is 481 g/mol. The molecule has 0 atom stereocenters. The van der Waals surface area contributed by atoms with E-state index in [2.05, 4.69) is 50.8 Å². The van der Waals surface area contributed by atoms with Crippen LogP contribution in [-0.4, -0.2) is 58.6 Å². The summed E-state index contributed by atoms with van der Waals surface area (Å²) in [6.45, 7) is 4.78. The van der Waals surface area contributed by atoms with E-state index in [0.29, 0.717) is 11.9 Å². The van der Waals surface area contributed by atoms with Crippen LogP contribution in [0.1, 0.15) is 31.7 Å². The number of ether oxygens (including phenoxy) is 1. The summed E-state index contributed by atoms with van der Waals surface area (Å²) in [4.78, 5) is 9.59. The maximum Gasteiger partial charge on any atom is 0.133 e. The summed E-state index contributed by atoms with van der Waals surface area (Å²) in [6, 6.07) is 21.5. The van der Waals surface area contributed by atoms with Gasteiger partial charge in [0.1, 0.15) is 17.3 Å². The smallest absolute Gasteiger partial charge is 0.133 e. The van der Waals surface area contributed by atoms with Crippen LogP contribution in [0.2, 0.25) is 0 Å². The number of aromatic nitrogens is 2. The van der Waals surface area contributed by atoms with Crippen molar-refractivity contribution in [3.8, 4) is 22.6 Å². The van der Waals surface area contributed by atoms with Crippen LogP contribution < -0.4 is 10.5 Å². The summed E-state index contributed by atoms with van der Waals surface area (Å²) in [5, 5.41) is 1.05. The summed E-state index contributed by atoms with van der Waals surface area (Å²) >= 11 is 0. The Kier molecular flexibility index (Phi) is 6.38. The second kappa shape index (κ2) is 9.96. The van der Waals surface area contributed by atoms with Gasteiger partial charge in [-0.2, -0.15) is 0 Å². The Morgan fingerprint density at radius 3 is 2.19 bits per heavy atom. The highest BCUT2D eigenvalue weighted by Crippen LogP contribution is 2.40. The molecule has 1 saturated heterocycles. The normalized spacial score (nSPS) is 21.6. The molecule has 2 aromatic carbocycles. The first-order valence-electron chi connectivity index (χ1n) is 13.2. The van der Waals surface area contributed by atoms with E-state index >= 15 is 0 Å². The summed E-state index contributed by atoms with van der Waals surface area (Å²) < 4.78 is 8.47. The largest absolute Gasteiger partial charge is 0.457 e. The SMILES string of the molecule is CN1CCN(C2CCC(n3cc(-c4ccc(Oc5ccccc5)cc4)c4c(N)nccc43)CC2)CC1. The number of anilines is 1. The molecule has 6 rings (SSSR count). The predicted octanol–water partition coefficient (Wildman–Crippen LogP) is 5.81. The molecule has 1 aliphatic carbocycles. The molecular weight excluding hydrogens is 446 g/mol. The molecule has 1 aliphatic heterocycles. The molecule has 2 aliphatic rings. The Morgan fingerprint density at radius 2 is 1.47 bits per heavy atom. The molecular formula is C30H35N5O. The molecule has 6 nitrogen and oxygen atoms in total. The fourth-order valence-electron chi connectivity index (χ4n) is 5.97. The third-order valence-corrected chi connectivity index (χ3v) is 8.03. The third-order valence-electron chi connectivity index (χ3n) is 8.03. The van der Waals surface area contributed by atoms with Gasteiger partial charge in [0.05, 0.1) is 5.52 Å². The molecule has 2 aromatic heterocycles. The minimum absolute atomic E-state index is 0.493. The molecule has 0 radical (unpaired) electrons.